The summed E-state index contributed by atoms with van der Waals surface area (Å²) in [6, 6.07) is 5.14. The average Bonchev–Trinajstić information content (AvgIpc) is 2.55. The van der Waals surface area contributed by atoms with Gasteiger partial charge in [0.25, 0.3) is 5.91 Å². The lowest BCUT2D eigenvalue weighted by molar-refractivity contribution is -0.154. The maximum atomic E-state index is 12.6. The van der Waals surface area contributed by atoms with Crippen molar-refractivity contribution in [2.45, 2.75) is 23.2 Å². The molecule has 2 heterocycles. The number of hydrogen-bond donors (Lipinski definition) is 2. The zero-order valence-corrected chi connectivity index (χ0v) is 13.3. The van der Waals surface area contributed by atoms with Crippen molar-refractivity contribution in [3.63, 3.8) is 0 Å². The van der Waals surface area contributed by atoms with Crippen LogP contribution < -0.4 is 5.32 Å². The van der Waals surface area contributed by atoms with Gasteiger partial charge in [0.2, 0.25) is 5.91 Å². The lowest BCUT2D eigenvalue weighted by atomic mass is 10.1. The van der Waals surface area contributed by atoms with Gasteiger partial charge in [0.1, 0.15) is 0 Å². The monoisotopic (exact) mass is 336 g/mol. The summed E-state index contributed by atoms with van der Waals surface area (Å²) in [5.41, 5.74) is 1.04. The number of nitrogens with one attached hydrogen (secondary N) is 1. The number of morpholine rings is 1. The van der Waals surface area contributed by atoms with Crippen molar-refractivity contribution in [3.8, 4) is 0 Å². The van der Waals surface area contributed by atoms with Gasteiger partial charge in [-0.25, -0.2) is 4.79 Å². The molecule has 0 aromatic heterocycles. The van der Waals surface area contributed by atoms with E-state index in [0.29, 0.717) is 17.8 Å². The van der Waals surface area contributed by atoms with Crippen molar-refractivity contribution < 1.29 is 24.2 Å². The van der Waals surface area contributed by atoms with Crippen LogP contribution in [0.25, 0.3) is 0 Å². The number of amides is 2. The molecule has 1 fully saturated rings. The summed E-state index contributed by atoms with van der Waals surface area (Å²) in [4.78, 5) is 37.7. The number of carbonyl (C=O) groups is 3. The zero-order chi connectivity index (χ0) is 16.6. The average molecular weight is 336 g/mol. The molecule has 7 nitrogen and oxygen atoms in total. The lowest BCUT2D eigenvalue weighted by Crippen LogP contribution is -2.48. The van der Waals surface area contributed by atoms with Crippen molar-refractivity contribution in [1.82, 2.24) is 4.90 Å². The van der Waals surface area contributed by atoms with Crippen molar-refractivity contribution in [1.29, 1.82) is 0 Å². The fourth-order valence-electron chi connectivity index (χ4n) is 2.51. The lowest BCUT2D eigenvalue weighted by Gasteiger charge is -2.31. The molecular formula is C15H16N2O5S. The second kappa shape index (κ2) is 6.21. The summed E-state index contributed by atoms with van der Waals surface area (Å²) in [5, 5.41) is 11.6. The maximum absolute atomic E-state index is 12.6. The third-order valence-electron chi connectivity index (χ3n) is 3.79. The highest BCUT2D eigenvalue weighted by Gasteiger charge is 2.30. The minimum atomic E-state index is -1.08. The predicted octanol–water partition coefficient (Wildman–Crippen LogP) is 1.04. The van der Waals surface area contributed by atoms with Gasteiger partial charge in [0.15, 0.2) is 6.10 Å². The first-order valence-electron chi connectivity index (χ1n) is 7.21. The molecule has 0 saturated carbocycles. The first kappa shape index (κ1) is 15.8. The topological polar surface area (TPSA) is 95.9 Å². The first-order chi connectivity index (χ1) is 11.0. The molecule has 3 rings (SSSR count). The largest absolute Gasteiger partial charge is 0.479 e. The van der Waals surface area contributed by atoms with E-state index in [9.17, 15) is 14.4 Å². The van der Waals surface area contributed by atoms with Gasteiger partial charge in [-0.05, 0) is 25.1 Å². The highest BCUT2D eigenvalue weighted by molar-refractivity contribution is 8.00. The number of ether oxygens (including phenoxy) is 1. The van der Waals surface area contributed by atoms with Crippen LogP contribution in [0.4, 0.5) is 5.69 Å². The maximum Gasteiger partial charge on any atom is 0.334 e. The summed E-state index contributed by atoms with van der Waals surface area (Å²) in [7, 11) is 0. The molecular weight excluding hydrogens is 320 g/mol. The van der Waals surface area contributed by atoms with Crippen molar-refractivity contribution in [3.05, 3.63) is 23.8 Å². The number of nitrogens with zero attached hydrogens (tertiary/aromatic N) is 1. The van der Waals surface area contributed by atoms with Crippen molar-refractivity contribution in [2.24, 2.45) is 0 Å². The standard InChI is InChI=1S/C15H16N2O5S/c1-8-13(18)16-10-6-9(2-3-12(10)23-8)14(19)17-4-5-22-11(7-17)15(20)21/h2-3,6,8,11H,4-5,7H2,1H3,(H,16,18)(H,20,21)/t8-,11+/m0/s1. The van der Waals surface area contributed by atoms with Crippen LogP contribution in [0.5, 0.6) is 0 Å². The summed E-state index contributed by atoms with van der Waals surface area (Å²) in [5.74, 6) is -1.43. The molecule has 2 aliphatic heterocycles. The number of thioether (sulfide) groups is 1. The molecule has 2 aliphatic rings. The van der Waals surface area contributed by atoms with E-state index >= 15 is 0 Å². The summed E-state index contributed by atoms with van der Waals surface area (Å²) in [6.07, 6.45) is -0.999. The Morgan fingerprint density at radius 3 is 2.96 bits per heavy atom. The Hall–Kier alpha value is -2.06. The van der Waals surface area contributed by atoms with Gasteiger partial charge >= 0.3 is 5.97 Å². The predicted molar refractivity (Wildman–Crippen MR) is 83.7 cm³/mol. The third-order valence-corrected chi connectivity index (χ3v) is 4.96. The van der Waals surface area contributed by atoms with E-state index in [-0.39, 0.29) is 30.2 Å². The van der Waals surface area contributed by atoms with Crippen LogP contribution in [0.2, 0.25) is 0 Å². The first-order valence-corrected chi connectivity index (χ1v) is 8.09. The summed E-state index contributed by atoms with van der Waals surface area (Å²) >= 11 is 1.45. The van der Waals surface area contributed by atoms with Gasteiger partial charge in [-0.1, -0.05) is 0 Å². The normalized spacial score (nSPS) is 23.9. The minimum absolute atomic E-state index is 0.0173. The zero-order valence-electron chi connectivity index (χ0n) is 12.4. The van der Waals surface area contributed by atoms with Crippen molar-refractivity contribution in [2.75, 3.05) is 25.0 Å². The van der Waals surface area contributed by atoms with Crippen LogP contribution in [-0.2, 0) is 14.3 Å². The van der Waals surface area contributed by atoms with Gasteiger partial charge < -0.3 is 20.1 Å². The van der Waals surface area contributed by atoms with Gasteiger partial charge in [-0.3, -0.25) is 9.59 Å². The molecule has 2 N–H and O–H groups in total. The molecule has 1 saturated heterocycles. The fraction of sp³-hybridized carbons (Fsp3) is 0.400. The second-order valence-corrected chi connectivity index (χ2v) is 6.79. The fourth-order valence-corrected chi connectivity index (χ4v) is 3.44. The van der Waals surface area contributed by atoms with Crippen LogP contribution in [0.3, 0.4) is 0 Å². The van der Waals surface area contributed by atoms with Crippen LogP contribution >= 0.6 is 11.8 Å². The highest BCUT2D eigenvalue weighted by atomic mass is 32.2. The summed E-state index contributed by atoms with van der Waals surface area (Å²) in [6.45, 7) is 2.38. The Morgan fingerprint density at radius 1 is 1.43 bits per heavy atom. The number of carboxylic acid groups (broad SMARTS) is 1. The van der Waals surface area contributed by atoms with Crippen LogP contribution in [0.15, 0.2) is 23.1 Å². The van der Waals surface area contributed by atoms with Gasteiger partial charge in [-0.15, -0.1) is 11.8 Å². The summed E-state index contributed by atoms with van der Waals surface area (Å²) < 4.78 is 5.12. The quantitative estimate of drug-likeness (QED) is 0.838. The minimum Gasteiger partial charge on any atom is -0.479 e. The Labute approximate surface area is 137 Å². The van der Waals surface area contributed by atoms with Gasteiger partial charge in [0, 0.05) is 17.0 Å². The van der Waals surface area contributed by atoms with E-state index in [0.717, 1.165) is 4.90 Å². The van der Waals surface area contributed by atoms with E-state index in [2.05, 4.69) is 5.32 Å². The van der Waals surface area contributed by atoms with Gasteiger partial charge in [0.05, 0.1) is 24.1 Å². The molecule has 1 aromatic rings. The number of rotatable bonds is 2. The van der Waals surface area contributed by atoms with Crippen LogP contribution in [-0.4, -0.2) is 58.8 Å². The molecule has 122 valence electrons. The molecule has 1 aromatic carbocycles. The number of benzene rings is 1. The van der Waals surface area contributed by atoms with E-state index in [1.165, 1.54) is 16.7 Å². The molecule has 0 unspecified atom stereocenters. The molecule has 0 spiro atoms. The number of fused-ring (bicyclic) bond motifs is 1. The van der Waals surface area contributed by atoms with Crippen molar-refractivity contribution >= 4 is 35.2 Å². The van der Waals surface area contributed by atoms with Crippen LogP contribution in [0, 0.1) is 0 Å². The molecule has 0 aliphatic carbocycles. The number of anilines is 1. The SMILES string of the molecule is C[C@@H]1Sc2ccc(C(=O)N3CCO[C@@H](C(=O)O)C3)cc2NC1=O. The van der Waals surface area contributed by atoms with E-state index in [1.54, 1.807) is 18.2 Å². The molecule has 0 bridgehead atoms. The molecule has 23 heavy (non-hydrogen) atoms. The van der Waals surface area contributed by atoms with Gasteiger partial charge in [-0.2, -0.15) is 0 Å². The number of hydrogen-bond acceptors (Lipinski definition) is 5. The van der Waals surface area contributed by atoms with E-state index < -0.39 is 12.1 Å². The smallest absolute Gasteiger partial charge is 0.334 e. The number of carboxylic acids is 1. The number of aliphatic carboxylic acids is 1. The van der Waals surface area contributed by atoms with Crippen LogP contribution in [0.1, 0.15) is 17.3 Å². The molecule has 2 amide bonds. The Morgan fingerprint density at radius 2 is 2.22 bits per heavy atom. The number of carbonyl (C=O) groups excluding carboxylic acids is 2. The Balaban J connectivity index is 1.79. The molecule has 8 heteroatoms. The molecule has 0 radical (unpaired) electrons. The Bertz CT molecular complexity index is 678. The van der Waals surface area contributed by atoms with E-state index in [1.807, 2.05) is 6.92 Å². The third kappa shape index (κ3) is 3.18. The highest BCUT2D eigenvalue weighted by Crippen LogP contribution is 2.36. The second-order valence-electron chi connectivity index (χ2n) is 5.41. The Kier molecular flexibility index (Phi) is 4.27. The van der Waals surface area contributed by atoms with E-state index in [4.69, 9.17) is 9.84 Å². The molecule has 2 atom stereocenters.